The molecule has 17 heavy (non-hydrogen) atoms. The standard InChI is InChI=1S/C15H20N2/c1-2-5-14(6-3-1)13-17-11-8-15(9-12-17)7-4-10-16-15/h1-3,5-6,10H,4,7-9,11-13H2. The first-order chi connectivity index (χ1) is 8.36. The molecule has 2 aliphatic rings. The van der Waals surface area contributed by atoms with Crippen LogP contribution < -0.4 is 0 Å². The van der Waals surface area contributed by atoms with Crippen LogP contribution in [0.4, 0.5) is 0 Å². The minimum Gasteiger partial charge on any atom is -0.299 e. The summed E-state index contributed by atoms with van der Waals surface area (Å²) in [4.78, 5) is 7.28. The molecule has 0 amide bonds. The number of benzene rings is 1. The van der Waals surface area contributed by atoms with Crippen molar-refractivity contribution in [1.29, 1.82) is 0 Å². The second kappa shape index (κ2) is 4.61. The summed E-state index contributed by atoms with van der Waals surface area (Å²) in [5.41, 5.74) is 1.76. The van der Waals surface area contributed by atoms with E-state index < -0.39 is 0 Å². The van der Waals surface area contributed by atoms with Gasteiger partial charge in [-0.15, -0.1) is 0 Å². The van der Waals surface area contributed by atoms with Crippen molar-refractivity contribution in [3.63, 3.8) is 0 Å². The van der Waals surface area contributed by atoms with Crippen LogP contribution in [0.25, 0.3) is 0 Å². The second-order valence-corrected chi connectivity index (χ2v) is 5.34. The minimum atomic E-state index is 0.327. The van der Waals surface area contributed by atoms with E-state index in [4.69, 9.17) is 4.99 Å². The maximum atomic E-state index is 4.72. The van der Waals surface area contributed by atoms with Crippen LogP contribution in [0.1, 0.15) is 31.2 Å². The lowest BCUT2D eigenvalue weighted by Crippen LogP contribution is -2.41. The lowest BCUT2D eigenvalue weighted by Gasteiger charge is -2.37. The average Bonchev–Trinajstić information content (AvgIpc) is 2.83. The van der Waals surface area contributed by atoms with Gasteiger partial charge in [-0.2, -0.15) is 0 Å². The fraction of sp³-hybridized carbons (Fsp3) is 0.533. The molecule has 90 valence electrons. The lowest BCUT2D eigenvalue weighted by molar-refractivity contribution is 0.157. The van der Waals surface area contributed by atoms with Crippen LogP contribution in [0.2, 0.25) is 0 Å². The third kappa shape index (κ3) is 2.42. The zero-order chi connectivity index (χ0) is 11.6. The molecule has 0 bridgehead atoms. The molecule has 2 heteroatoms. The quantitative estimate of drug-likeness (QED) is 0.760. The molecule has 0 N–H and O–H groups in total. The maximum absolute atomic E-state index is 4.72. The molecular formula is C15H20N2. The molecule has 2 nitrogen and oxygen atoms in total. The molecule has 0 unspecified atom stereocenters. The summed E-state index contributed by atoms with van der Waals surface area (Å²) in [6.45, 7) is 3.50. The third-order valence-electron chi connectivity index (χ3n) is 4.14. The lowest BCUT2D eigenvalue weighted by atomic mass is 9.86. The van der Waals surface area contributed by atoms with Gasteiger partial charge in [0.15, 0.2) is 0 Å². The highest BCUT2D eigenvalue weighted by Crippen LogP contribution is 2.34. The van der Waals surface area contributed by atoms with Crippen molar-refractivity contribution >= 4 is 6.21 Å². The van der Waals surface area contributed by atoms with Gasteiger partial charge in [-0.3, -0.25) is 9.89 Å². The van der Waals surface area contributed by atoms with E-state index >= 15 is 0 Å². The fourth-order valence-corrected chi connectivity index (χ4v) is 3.00. The number of piperidine rings is 1. The van der Waals surface area contributed by atoms with E-state index in [1.807, 2.05) is 0 Å². The Kier molecular flexibility index (Phi) is 2.98. The van der Waals surface area contributed by atoms with E-state index in [2.05, 4.69) is 41.4 Å². The summed E-state index contributed by atoms with van der Waals surface area (Å²) in [5, 5.41) is 0. The number of likely N-dealkylation sites (tertiary alicyclic amines) is 1. The van der Waals surface area contributed by atoms with E-state index in [9.17, 15) is 0 Å². The van der Waals surface area contributed by atoms with Crippen LogP contribution in [0.15, 0.2) is 35.3 Å². The Bertz CT molecular complexity index is 389. The van der Waals surface area contributed by atoms with Gasteiger partial charge in [-0.25, -0.2) is 0 Å². The van der Waals surface area contributed by atoms with Crippen LogP contribution in [-0.2, 0) is 6.54 Å². The number of nitrogens with zero attached hydrogens (tertiary/aromatic N) is 2. The molecule has 0 aliphatic carbocycles. The molecule has 1 saturated heterocycles. The number of hydrogen-bond acceptors (Lipinski definition) is 2. The molecule has 1 aromatic rings. The normalized spacial score (nSPS) is 23.3. The molecule has 1 aromatic carbocycles. The van der Waals surface area contributed by atoms with Gasteiger partial charge in [0.25, 0.3) is 0 Å². The molecule has 3 rings (SSSR count). The maximum Gasteiger partial charge on any atom is 0.0632 e. The van der Waals surface area contributed by atoms with Gasteiger partial charge in [0.05, 0.1) is 5.54 Å². The van der Waals surface area contributed by atoms with Crippen LogP contribution in [0.3, 0.4) is 0 Å². The zero-order valence-corrected chi connectivity index (χ0v) is 10.3. The molecule has 0 aromatic heterocycles. The van der Waals surface area contributed by atoms with Crippen molar-refractivity contribution < 1.29 is 0 Å². The highest BCUT2D eigenvalue weighted by Gasteiger charge is 2.35. The Morgan fingerprint density at radius 3 is 2.47 bits per heavy atom. The fourth-order valence-electron chi connectivity index (χ4n) is 3.00. The van der Waals surface area contributed by atoms with Crippen molar-refractivity contribution in [3.8, 4) is 0 Å². The van der Waals surface area contributed by atoms with Gasteiger partial charge >= 0.3 is 0 Å². The monoisotopic (exact) mass is 228 g/mol. The Balaban J connectivity index is 1.57. The van der Waals surface area contributed by atoms with E-state index in [1.54, 1.807) is 0 Å². The van der Waals surface area contributed by atoms with Crippen LogP contribution in [0, 0.1) is 0 Å². The summed E-state index contributed by atoms with van der Waals surface area (Å²) in [7, 11) is 0. The summed E-state index contributed by atoms with van der Waals surface area (Å²) in [6, 6.07) is 10.8. The van der Waals surface area contributed by atoms with Gasteiger partial charge < -0.3 is 0 Å². The summed E-state index contributed by atoms with van der Waals surface area (Å²) >= 11 is 0. The van der Waals surface area contributed by atoms with E-state index in [-0.39, 0.29) is 0 Å². The first-order valence-electron chi connectivity index (χ1n) is 6.66. The van der Waals surface area contributed by atoms with Gasteiger partial charge in [0.2, 0.25) is 0 Å². The highest BCUT2D eigenvalue weighted by molar-refractivity contribution is 5.61. The summed E-state index contributed by atoms with van der Waals surface area (Å²) < 4.78 is 0. The molecule has 2 heterocycles. The van der Waals surface area contributed by atoms with Crippen molar-refractivity contribution in [2.45, 2.75) is 37.8 Å². The van der Waals surface area contributed by atoms with Crippen molar-refractivity contribution in [2.75, 3.05) is 13.1 Å². The Morgan fingerprint density at radius 1 is 1.06 bits per heavy atom. The van der Waals surface area contributed by atoms with Gasteiger partial charge in [0, 0.05) is 19.6 Å². The predicted octanol–water partition coefficient (Wildman–Crippen LogP) is 2.89. The van der Waals surface area contributed by atoms with Gasteiger partial charge in [-0.1, -0.05) is 30.3 Å². The Morgan fingerprint density at radius 2 is 1.82 bits per heavy atom. The average molecular weight is 228 g/mol. The first kappa shape index (κ1) is 11.0. The molecule has 0 radical (unpaired) electrons. The number of hydrogen-bond donors (Lipinski definition) is 0. The minimum absolute atomic E-state index is 0.327. The SMILES string of the molecule is C1=NC2(CC1)CCN(Cc1ccccc1)CC2. The smallest absolute Gasteiger partial charge is 0.0632 e. The Hall–Kier alpha value is -1.15. The second-order valence-electron chi connectivity index (χ2n) is 5.34. The molecule has 1 spiro atoms. The molecule has 0 saturated carbocycles. The highest BCUT2D eigenvalue weighted by atomic mass is 15.1. The van der Waals surface area contributed by atoms with Crippen molar-refractivity contribution in [2.24, 2.45) is 4.99 Å². The van der Waals surface area contributed by atoms with Crippen LogP contribution in [-0.4, -0.2) is 29.7 Å². The zero-order valence-electron chi connectivity index (χ0n) is 10.3. The van der Waals surface area contributed by atoms with Crippen LogP contribution >= 0.6 is 0 Å². The van der Waals surface area contributed by atoms with E-state index in [1.165, 1.54) is 44.3 Å². The predicted molar refractivity (Wildman–Crippen MR) is 71.4 cm³/mol. The van der Waals surface area contributed by atoms with Gasteiger partial charge in [0.1, 0.15) is 0 Å². The Labute approximate surface area is 103 Å². The summed E-state index contributed by atoms with van der Waals surface area (Å²) in [6.07, 6.45) is 7.10. The van der Waals surface area contributed by atoms with Crippen LogP contribution in [0.5, 0.6) is 0 Å². The first-order valence-corrected chi connectivity index (χ1v) is 6.66. The largest absolute Gasteiger partial charge is 0.299 e. The topological polar surface area (TPSA) is 15.6 Å². The molecule has 1 fully saturated rings. The van der Waals surface area contributed by atoms with Crippen molar-refractivity contribution in [3.05, 3.63) is 35.9 Å². The third-order valence-corrected chi connectivity index (χ3v) is 4.14. The summed E-state index contributed by atoms with van der Waals surface area (Å²) in [5.74, 6) is 0. The van der Waals surface area contributed by atoms with E-state index in [0.29, 0.717) is 5.54 Å². The number of rotatable bonds is 2. The number of aliphatic imine (C=N–C) groups is 1. The molecule has 2 aliphatic heterocycles. The van der Waals surface area contributed by atoms with Gasteiger partial charge in [-0.05, 0) is 37.5 Å². The molecular weight excluding hydrogens is 208 g/mol. The van der Waals surface area contributed by atoms with E-state index in [0.717, 1.165) is 6.54 Å². The van der Waals surface area contributed by atoms with Crippen molar-refractivity contribution in [1.82, 2.24) is 4.90 Å². The molecule has 0 atom stereocenters.